The Balaban J connectivity index is 1.81. The lowest BCUT2D eigenvalue weighted by Crippen LogP contribution is -2.18. The average molecular weight is 405 g/mol. The molecule has 1 atom stereocenters. The number of nitrogens with one attached hydrogen (secondary N) is 1. The van der Waals surface area contributed by atoms with Crippen molar-refractivity contribution in [1.29, 1.82) is 0 Å². The molecule has 2 aromatic carbocycles. The second kappa shape index (κ2) is 8.42. The summed E-state index contributed by atoms with van der Waals surface area (Å²) in [6, 6.07) is 18.7. The summed E-state index contributed by atoms with van der Waals surface area (Å²) in [6.07, 6.45) is -0.455. The fraction of sp³-hybridized carbons (Fsp3) is 0.217. The molecule has 1 N–H and O–H groups in total. The molecule has 0 unspecified atom stereocenters. The van der Waals surface area contributed by atoms with E-state index in [9.17, 15) is 4.79 Å². The standard InChI is InChI=1S/C23H23N3O4/c1-15(30-20-12-8-7-11-19(20)29-3)17-13-21(27)26-23(24-17)22(18(25-26)14-28-2)16-9-5-4-6-10-16/h4-13,15,25H,14H2,1-3H3/t15-/m0/s1. The number of rotatable bonds is 7. The van der Waals surface area contributed by atoms with Crippen molar-refractivity contribution < 1.29 is 14.2 Å². The van der Waals surface area contributed by atoms with Crippen molar-refractivity contribution in [2.24, 2.45) is 0 Å². The quantitative estimate of drug-likeness (QED) is 0.503. The Bertz CT molecular complexity index is 1210. The van der Waals surface area contributed by atoms with Crippen molar-refractivity contribution >= 4 is 5.65 Å². The fourth-order valence-corrected chi connectivity index (χ4v) is 3.43. The third-order valence-electron chi connectivity index (χ3n) is 4.85. The lowest BCUT2D eigenvalue weighted by atomic mass is 10.1. The van der Waals surface area contributed by atoms with E-state index in [0.717, 1.165) is 16.8 Å². The predicted molar refractivity (Wildman–Crippen MR) is 114 cm³/mol. The molecule has 4 aromatic rings. The van der Waals surface area contributed by atoms with Crippen molar-refractivity contribution in [3.8, 4) is 22.6 Å². The van der Waals surface area contributed by atoms with E-state index in [0.29, 0.717) is 29.4 Å². The topological polar surface area (TPSA) is 77.9 Å². The number of fused-ring (bicyclic) bond motifs is 1. The molecule has 0 radical (unpaired) electrons. The molecule has 2 aromatic heterocycles. The summed E-state index contributed by atoms with van der Waals surface area (Å²) >= 11 is 0. The van der Waals surface area contributed by atoms with Gasteiger partial charge in [0, 0.05) is 18.7 Å². The molecule has 2 heterocycles. The van der Waals surface area contributed by atoms with Crippen molar-refractivity contribution in [2.75, 3.05) is 14.2 Å². The minimum absolute atomic E-state index is 0.218. The summed E-state index contributed by atoms with van der Waals surface area (Å²) in [4.78, 5) is 17.6. The Morgan fingerprint density at radius 1 is 1.03 bits per heavy atom. The Kier molecular flexibility index (Phi) is 5.54. The largest absolute Gasteiger partial charge is 0.493 e. The molecule has 0 aliphatic rings. The molecule has 0 saturated carbocycles. The maximum Gasteiger partial charge on any atom is 0.273 e. The number of para-hydroxylation sites is 2. The molecule has 0 aliphatic carbocycles. The molecular formula is C23H23N3O4. The molecule has 154 valence electrons. The monoisotopic (exact) mass is 405 g/mol. The SMILES string of the molecule is COCc1[nH]n2c(=O)cc([C@H](C)Oc3ccccc3OC)nc2c1-c1ccccc1. The van der Waals surface area contributed by atoms with Crippen LogP contribution >= 0.6 is 0 Å². The normalized spacial score (nSPS) is 12.1. The van der Waals surface area contributed by atoms with Crippen LogP contribution in [0.25, 0.3) is 16.8 Å². The maximum absolute atomic E-state index is 12.9. The van der Waals surface area contributed by atoms with E-state index < -0.39 is 6.10 Å². The lowest BCUT2D eigenvalue weighted by molar-refractivity contribution is 0.181. The number of aromatic nitrogens is 3. The molecule has 0 spiro atoms. The average Bonchev–Trinajstić information content (AvgIpc) is 3.13. The molecule has 0 fully saturated rings. The summed E-state index contributed by atoms with van der Waals surface area (Å²) in [5.41, 5.74) is 3.41. The van der Waals surface area contributed by atoms with Gasteiger partial charge in [0.2, 0.25) is 0 Å². The zero-order valence-electron chi connectivity index (χ0n) is 17.1. The first kappa shape index (κ1) is 19.7. The van der Waals surface area contributed by atoms with Crippen LogP contribution in [0.5, 0.6) is 11.5 Å². The number of aromatic amines is 1. The Morgan fingerprint density at radius 3 is 2.43 bits per heavy atom. The molecule has 7 nitrogen and oxygen atoms in total. The Labute approximate surface area is 173 Å². The first-order valence-corrected chi connectivity index (χ1v) is 9.61. The van der Waals surface area contributed by atoms with Gasteiger partial charge in [0.05, 0.1) is 25.1 Å². The van der Waals surface area contributed by atoms with Crippen LogP contribution in [0.3, 0.4) is 0 Å². The van der Waals surface area contributed by atoms with Gasteiger partial charge in [0.25, 0.3) is 5.56 Å². The second-order valence-electron chi connectivity index (χ2n) is 6.85. The highest BCUT2D eigenvalue weighted by atomic mass is 16.5. The van der Waals surface area contributed by atoms with Gasteiger partial charge in [-0.3, -0.25) is 9.89 Å². The van der Waals surface area contributed by atoms with Gasteiger partial charge in [0.15, 0.2) is 17.1 Å². The number of benzene rings is 2. The number of ether oxygens (including phenoxy) is 3. The van der Waals surface area contributed by atoms with Crippen LogP contribution < -0.4 is 15.0 Å². The van der Waals surface area contributed by atoms with Crippen LogP contribution in [0.2, 0.25) is 0 Å². The van der Waals surface area contributed by atoms with E-state index in [1.54, 1.807) is 14.2 Å². The zero-order valence-corrected chi connectivity index (χ0v) is 17.1. The third kappa shape index (κ3) is 3.67. The van der Waals surface area contributed by atoms with Gasteiger partial charge in [-0.2, -0.15) is 0 Å². The van der Waals surface area contributed by atoms with E-state index in [1.807, 2.05) is 61.5 Å². The Morgan fingerprint density at radius 2 is 1.73 bits per heavy atom. The molecule has 0 saturated heterocycles. The van der Waals surface area contributed by atoms with Gasteiger partial charge in [-0.15, -0.1) is 0 Å². The van der Waals surface area contributed by atoms with Crippen LogP contribution in [0.15, 0.2) is 65.5 Å². The molecule has 0 aliphatic heterocycles. The maximum atomic E-state index is 12.9. The highest BCUT2D eigenvalue weighted by Gasteiger charge is 2.20. The van der Waals surface area contributed by atoms with E-state index in [-0.39, 0.29) is 5.56 Å². The summed E-state index contributed by atoms with van der Waals surface area (Å²) in [6.45, 7) is 2.19. The fourth-order valence-electron chi connectivity index (χ4n) is 3.43. The van der Waals surface area contributed by atoms with E-state index >= 15 is 0 Å². The first-order chi connectivity index (χ1) is 14.6. The van der Waals surface area contributed by atoms with Crippen LogP contribution in [0.4, 0.5) is 0 Å². The number of nitrogens with zero attached hydrogens (tertiary/aromatic N) is 2. The number of hydrogen-bond acceptors (Lipinski definition) is 5. The molecule has 4 rings (SSSR count). The number of methoxy groups -OCH3 is 2. The minimum atomic E-state index is -0.455. The lowest BCUT2D eigenvalue weighted by Gasteiger charge is -2.16. The molecule has 30 heavy (non-hydrogen) atoms. The predicted octanol–water partition coefficient (Wildman–Crippen LogP) is 3.98. The van der Waals surface area contributed by atoms with Gasteiger partial charge in [0.1, 0.15) is 6.10 Å². The van der Waals surface area contributed by atoms with Crippen LogP contribution in [-0.2, 0) is 11.3 Å². The van der Waals surface area contributed by atoms with Gasteiger partial charge >= 0.3 is 0 Å². The van der Waals surface area contributed by atoms with Gasteiger partial charge in [-0.05, 0) is 24.6 Å². The van der Waals surface area contributed by atoms with Crippen molar-refractivity contribution in [3.63, 3.8) is 0 Å². The van der Waals surface area contributed by atoms with Crippen LogP contribution in [0.1, 0.15) is 24.4 Å². The van der Waals surface area contributed by atoms with Gasteiger partial charge < -0.3 is 14.2 Å². The van der Waals surface area contributed by atoms with Crippen molar-refractivity contribution in [1.82, 2.24) is 14.6 Å². The van der Waals surface area contributed by atoms with E-state index in [4.69, 9.17) is 19.2 Å². The molecule has 0 bridgehead atoms. The molecule has 7 heteroatoms. The highest BCUT2D eigenvalue weighted by Crippen LogP contribution is 2.31. The van der Waals surface area contributed by atoms with E-state index in [2.05, 4.69) is 5.10 Å². The smallest absolute Gasteiger partial charge is 0.273 e. The highest BCUT2D eigenvalue weighted by molar-refractivity contribution is 5.79. The third-order valence-corrected chi connectivity index (χ3v) is 4.85. The number of H-pyrrole nitrogens is 1. The van der Waals surface area contributed by atoms with Crippen molar-refractivity contribution in [3.05, 3.63) is 82.4 Å². The molecule has 0 amide bonds. The Hall–Kier alpha value is -3.58. The summed E-state index contributed by atoms with van der Waals surface area (Å²) < 4.78 is 18.2. The summed E-state index contributed by atoms with van der Waals surface area (Å²) in [5.74, 6) is 1.21. The second-order valence-corrected chi connectivity index (χ2v) is 6.85. The zero-order chi connectivity index (χ0) is 21.1. The summed E-state index contributed by atoms with van der Waals surface area (Å²) in [7, 11) is 3.21. The van der Waals surface area contributed by atoms with Crippen LogP contribution in [0, 0.1) is 0 Å². The summed E-state index contributed by atoms with van der Waals surface area (Å²) in [5, 5.41) is 3.12. The van der Waals surface area contributed by atoms with Gasteiger partial charge in [-0.25, -0.2) is 9.50 Å². The first-order valence-electron chi connectivity index (χ1n) is 9.61. The van der Waals surface area contributed by atoms with Crippen LogP contribution in [-0.4, -0.2) is 28.8 Å². The molecular weight excluding hydrogens is 382 g/mol. The van der Waals surface area contributed by atoms with Crippen molar-refractivity contribution in [2.45, 2.75) is 19.6 Å². The number of hydrogen-bond donors (Lipinski definition) is 1. The minimum Gasteiger partial charge on any atom is -0.493 e. The van der Waals surface area contributed by atoms with E-state index in [1.165, 1.54) is 10.6 Å². The van der Waals surface area contributed by atoms with Gasteiger partial charge in [-0.1, -0.05) is 42.5 Å².